The van der Waals surface area contributed by atoms with E-state index in [4.69, 9.17) is 44.3 Å². The third-order valence-electron chi connectivity index (χ3n) is 9.02. The summed E-state index contributed by atoms with van der Waals surface area (Å²) in [6, 6.07) is 16.4. The number of aliphatic hydroxyl groups excluding tert-OH is 1. The molecule has 2 heterocycles. The smallest absolute Gasteiger partial charge is 0.272 e. The Bertz CT molecular complexity index is 1220. The number of aliphatic hydroxyl groups is 1. The SMILES string of the molecule is C[C@@H]1[C@H](CN2CC3(C)CC2CC(C)(C)C3)O[C@H](c2ccc(CNC(=O)C(Cl)(Cl)Cl)cc2)O[C@@H]1c1ccc(CO)cc1. The summed E-state index contributed by atoms with van der Waals surface area (Å²) in [5.74, 6) is -0.537. The molecule has 41 heavy (non-hydrogen) atoms. The number of carbonyl (C=O) groups excluding carboxylic acids is 1. The van der Waals surface area contributed by atoms with Crippen LogP contribution < -0.4 is 5.32 Å². The molecule has 2 bridgehead atoms. The largest absolute Gasteiger partial charge is 0.392 e. The third kappa shape index (κ3) is 7.23. The highest BCUT2D eigenvalue weighted by atomic mass is 35.6. The third-order valence-corrected chi connectivity index (χ3v) is 9.54. The first-order chi connectivity index (χ1) is 19.2. The first-order valence-corrected chi connectivity index (χ1v) is 15.6. The monoisotopic (exact) mass is 622 g/mol. The van der Waals surface area contributed by atoms with E-state index in [2.05, 4.69) is 50.0 Å². The normalized spacial score (nSPS) is 31.7. The molecule has 2 aliphatic heterocycles. The van der Waals surface area contributed by atoms with Crippen molar-refractivity contribution in [1.29, 1.82) is 0 Å². The van der Waals surface area contributed by atoms with Crippen molar-refractivity contribution in [2.45, 2.75) is 88.4 Å². The minimum absolute atomic E-state index is 0.00957. The Morgan fingerprint density at radius 1 is 1.00 bits per heavy atom. The van der Waals surface area contributed by atoms with Crippen molar-refractivity contribution in [3.05, 3.63) is 70.8 Å². The lowest BCUT2D eigenvalue weighted by Gasteiger charge is -2.43. The number of alkyl halides is 3. The molecule has 0 aromatic heterocycles. The van der Waals surface area contributed by atoms with E-state index in [1.807, 2.05) is 36.4 Å². The van der Waals surface area contributed by atoms with Crippen LogP contribution in [-0.4, -0.2) is 44.9 Å². The van der Waals surface area contributed by atoms with E-state index in [1.54, 1.807) is 0 Å². The van der Waals surface area contributed by atoms with Crippen LogP contribution in [-0.2, 0) is 27.4 Å². The second-order valence-electron chi connectivity index (χ2n) is 13.4. The fraction of sp³-hybridized carbons (Fsp3) is 0.594. The molecule has 2 aromatic carbocycles. The van der Waals surface area contributed by atoms with Crippen LogP contribution in [0.15, 0.2) is 48.5 Å². The van der Waals surface area contributed by atoms with Crippen molar-refractivity contribution in [3.8, 4) is 0 Å². The lowest BCUT2D eigenvalue weighted by atomic mass is 9.65. The number of hydrogen-bond acceptors (Lipinski definition) is 5. The average molecular weight is 624 g/mol. The fourth-order valence-corrected chi connectivity index (χ4v) is 7.63. The average Bonchev–Trinajstić information content (AvgIpc) is 3.15. The number of likely N-dealkylation sites (tertiary alicyclic amines) is 1. The van der Waals surface area contributed by atoms with E-state index in [-0.39, 0.29) is 31.3 Å². The van der Waals surface area contributed by atoms with Crippen LogP contribution in [0.2, 0.25) is 0 Å². The molecule has 224 valence electrons. The van der Waals surface area contributed by atoms with Crippen LogP contribution in [0.4, 0.5) is 0 Å². The van der Waals surface area contributed by atoms with Gasteiger partial charge in [-0.3, -0.25) is 9.69 Å². The molecular formula is C32H41Cl3N2O4. The first-order valence-electron chi connectivity index (χ1n) is 14.4. The molecule has 0 spiro atoms. The molecule has 2 aromatic rings. The summed E-state index contributed by atoms with van der Waals surface area (Å²) in [6.07, 6.45) is 2.99. The molecule has 3 aliphatic rings. The van der Waals surface area contributed by atoms with Gasteiger partial charge in [-0.05, 0) is 46.8 Å². The number of hydrogen-bond donors (Lipinski definition) is 2. The quantitative estimate of drug-likeness (QED) is 0.330. The van der Waals surface area contributed by atoms with Crippen LogP contribution in [0.3, 0.4) is 0 Å². The molecule has 6 nitrogen and oxygen atoms in total. The molecule has 1 saturated carbocycles. The highest BCUT2D eigenvalue weighted by molar-refractivity contribution is 6.76. The van der Waals surface area contributed by atoms with Gasteiger partial charge in [0.1, 0.15) is 0 Å². The number of amides is 1. The van der Waals surface area contributed by atoms with E-state index < -0.39 is 16.0 Å². The molecule has 2 N–H and O–H groups in total. The Morgan fingerprint density at radius 3 is 2.27 bits per heavy atom. The van der Waals surface area contributed by atoms with E-state index >= 15 is 0 Å². The van der Waals surface area contributed by atoms with Gasteiger partial charge < -0.3 is 19.9 Å². The predicted molar refractivity (Wildman–Crippen MR) is 163 cm³/mol. The maximum absolute atomic E-state index is 11.9. The van der Waals surface area contributed by atoms with Crippen LogP contribution >= 0.6 is 34.8 Å². The number of benzene rings is 2. The van der Waals surface area contributed by atoms with Crippen molar-refractivity contribution in [2.24, 2.45) is 16.7 Å². The maximum atomic E-state index is 11.9. The van der Waals surface area contributed by atoms with E-state index in [1.165, 1.54) is 19.3 Å². The molecule has 9 heteroatoms. The van der Waals surface area contributed by atoms with E-state index in [9.17, 15) is 9.90 Å². The van der Waals surface area contributed by atoms with Crippen molar-refractivity contribution >= 4 is 40.7 Å². The molecule has 1 amide bonds. The molecule has 2 saturated heterocycles. The van der Waals surface area contributed by atoms with Gasteiger partial charge in [-0.15, -0.1) is 0 Å². The molecule has 2 unspecified atom stereocenters. The van der Waals surface area contributed by atoms with Crippen molar-refractivity contribution in [3.63, 3.8) is 0 Å². The number of fused-ring (bicyclic) bond motifs is 2. The zero-order valence-corrected chi connectivity index (χ0v) is 26.5. The summed E-state index contributed by atoms with van der Waals surface area (Å²) in [7, 11) is 0. The van der Waals surface area contributed by atoms with Gasteiger partial charge in [-0.2, -0.15) is 0 Å². The Hall–Kier alpha value is -1.38. The highest BCUT2D eigenvalue weighted by Gasteiger charge is 2.51. The predicted octanol–water partition coefficient (Wildman–Crippen LogP) is 6.86. The summed E-state index contributed by atoms with van der Waals surface area (Å²) >= 11 is 17.0. The van der Waals surface area contributed by atoms with Crippen molar-refractivity contribution in [2.75, 3.05) is 13.1 Å². The second kappa shape index (κ2) is 12.0. The molecule has 6 atom stereocenters. The Kier molecular flexibility index (Phi) is 9.05. The maximum Gasteiger partial charge on any atom is 0.272 e. The summed E-state index contributed by atoms with van der Waals surface area (Å²) in [4.78, 5) is 14.6. The van der Waals surface area contributed by atoms with E-state index in [0.717, 1.165) is 35.3 Å². The number of carbonyl (C=O) groups is 1. The topological polar surface area (TPSA) is 71.0 Å². The standard InChI is InChI=1S/C32H41Cl3N2O4/c1-20-26(16-37-19-31(4)14-25(37)13-30(2,3)18-31)40-28(41-27(20)23-9-7-22(17-38)8-10-23)24-11-5-21(6-12-24)15-36-29(39)32(33,34)35/h5-12,20,25-28,38H,13-19H2,1-4H3,(H,36,39)/t20-,25?,26+,27+,28+,31?/m1/s1. The Balaban J connectivity index is 1.35. The number of halogens is 3. The number of nitrogens with one attached hydrogen (secondary N) is 1. The fourth-order valence-electron chi connectivity index (χ4n) is 7.42. The molecular weight excluding hydrogens is 583 g/mol. The summed E-state index contributed by atoms with van der Waals surface area (Å²) in [5.41, 5.74) is 4.43. The first kappa shape index (κ1) is 31.1. The minimum atomic E-state index is -2.00. The Morgan fingerprint density at radius 2 is 1.63 bits per heavy atom. The lowest BCUT2D eigenvalue weighted by Crippen LogP contribution is -2.46. The number of rotatable bonds is 7. The number of ether oxygens (including phenoxy) is 2. The van der Waals surface area contributed by atoms with Gasteiger partial charge in [0.05, 0.1) is 18.8 Å². The summed E-state index contributed by atoms with van der Waals surface area (Å²) < 4.78 is 11.4. The molecule has 1 aliphatic carbocycles. The van der Waals surface area contributed by atoms with Gasteiger partial charge in [-0.25, -0.2) is 0 Å². The van der Waals surface area contributed by atoms with Gasteiger partial charge in [0.25, 0.3) is 9.70 Å². The van der Waals surface area contributed by atoms with Crippen molar-refractivity contribution < 1.29 is 19.4 Å². The molecule has 0 radical (unpaired) electrons. The van der Waals surface area contributed by atoms with Crippen LogP contribution in [0.25, 0.3) is 0 Å². The zero-order valence-electron chi connectivity index (χ0n) is 24.2. The minimum Gasteiger partial charge on any atom is -0.392 e. The van der Waals surface area contributed by atoms with Crippen LogP contribution in [0.1, 0.15) is 81.6 Å². The Labute approximate surface area is 258 Å². The van der Waals surface area contributed by atoms with E-state index in [0.29, 0.717) is 16.9 Å². The van der Waals surface area contributed by atoms with Gasteiger partial charge >= 0.3 is 0 Å². The summed E-state index contributed by atoms with van der Waals surface area (Å²) in [5, 5.41) is 12.2. The lowest BCUT2D eigenvalue weighted by molar-refractivity contribution is -0.276. The molecule has 5 rings (SSSR count). The van der Waals surface area contributed by atoms with Crippen LogP contribution in [0, 0.1) is 16.7 Å². The van der Waals surface area contributed by atoms with Gasteiger partial charge in [0.15, 0.2) is 6.29 Å². The van der Waals surface area contributed by atoms with Gasteiger partial charge in [0, 0.05) is 37.2 Å². The van der Waals surface area contributed by atoms with Crippen LogP contribution in [0.5, 0.6) is 0 Å². The zero-order chi connectivity index (χ0) is 29.6. The summed E-state index contributed by atoms with van der Waals surface area (Å²) in [6.45, 7) is 11.7. The van der Waals surface area contributed by atoms with Gasteiger partial charge in [0.2, 0.25) is 0 Å². The van der Waals surface area contributed by atoms with Crippen molar-refractivity contribution in [1.82, 2.24) is 10.2 Å². The highest BCUT2D eigenvalue weighted by Crippen LogP contribution is 2.53. The second-order valence-corrected chi connectivity index (χ2v) is 15.7. The number of nitrogens with zero attached hydrogens (tertiary/aromatic N) is 1. The van der Waals surface area contributed by atoms with Gasteiger partial charge in [-0.1, -0.05) is 111 Å². The molecule has 3 fully saturated rings.